The van der Waals surface area contributed by atoms with Gasteiger partial charge in [0.05, 0.1) is 13.2 Å². The van der Waals surface area contributed by atoms with E-state index in [0.29, 0.717) is 11.8 Å². The van der Waals surface area contributed by atoms with Gasteiger partial charge in [0, 0.05) is 12.3 Å². The summed E-state index contributed by atoms with van der Waals surface area (Å²) in [6.07, 6.45) is 2.38. The summed E-state index contributed by atoms with van der Waals surface area (Å²) in [5.41, 5.74) is 0. The molecule has 0 radical (unpaired) electrons. The van der Waals surface area contributed by atoms with E-state index in [1.165, 1.54) is 6.42 Å². The molecule has 1 atom stereocenters. The third kappa shape index (κ3) is 1.00. The van der Waals surface area contributed by atoms with Gasteiger partial charge in [-0.1, -0.05) is 13.8 Å². The molecule has 1 saturated carbocycles. The topological polar surface area (TPSA) is 18.5 Å². The zero-order valence-corrected chi connectivity index (χ0v) is 7.30. The van der Waals surface area contributed by atoms with Crippen LogP contribution in [0, 0.1) is 11.8 Å². The van der Waals surface area contributed by atoms with Gasteiger partial charge in [0.25, 0.3) is 0 Å². The molecule has 2 aliphatic rings. The molecule has 2 heteroatoms. The van der Waals surface area contributed by atoms with Gasteiger partial charge in [0.1, 0.15) is 0 Å². The number of hydrogen-bond donors (Lipinski definition) is 0. The Balaban J connectivity index is 2.03. The first kappa shape index (κ1) is 7.56. The Morgan fingerprint density at radius 1 is 1.27 bits per heavy atom. The summed E-state index contributed by atoms with van der Waals surface area (Å²) < 4.78 is 11.3. The van der Waals surface area contributed by atoms with Crippen LogP contribution in [0.2, 0.25) is 0 Å². The van der Waals surface area contributed by atoms with Crippen molar-refractivity contribution in [2.45, 2.75) is 32.5 Å². The lowest BCUT2D eigenvalue weighted by molar-refractivity contribution is -0.258. The van der Waals surface area contributed by atoms with Gasteiger partial charge < -0.3 is 9.47 Å². The predicted molar refractivity (Wildman–Crippen MR) is 42.2 cm³/mol. The van der Waals surface area contributed by atoms with Crippen molar-refractivity contribution >= 4 is 0 Å². The summed E-state index contributed by atoms with van der Waals surface area (Å²) in [6.45, 7) is 6.08. The molecule has 64 valence electrons. The van der Waals surface area contributed by atoms with Crippen LogP contribution in [0.4, 0.5) is 0 Å². The molecule has 1 aliphatic heterocycles. The molecule has 0 aromatic heterocycles. The molecule has 1 heterocycles. The second kappa shape index (κ2) is 2.46. The lowest BCUT2D eigenvalue weighted by Gasteiger charge is -2.46. The fourth-order valence-electron chi connectivity index (χ4n) is 2.22. The summed E-state index contributed by atoms with van der Waals surface area (Å²) in [6, 6.07) is 0. The normalized spacial score (nSPS) is 34.6. The largest absolute Gasteiger partial charge is 0.347 e. The van der Waals surface area contributed by atoms with Crippen LogP contribution in [0.1, 0.15) is 26.7 Å². The number of hydrogen-bond acceptors (Lipinski definition) is 2. The minimum Gasteiger partial charge on any atom is -0.347 e. The van der Waals surface area contributed by atoms with E-state index in [0.717, 1.165) is 19.6 Å². The Morgan fingerprint density at radius 2 is 1.91 bits per heavy atom. The highest BCUT2D eigenvalue weighted by Crippen LogP contribution is 2.48. The van der Waals surface area contributed by atoms with E-state index >= 15 is 0 Å². The number of ether oxygens (including phenoxy) is 2. The molecule has 0 aromatic carbocycles. The summed E-state index contributed by atoms with van der Waals surface area (Å²) in [4.78, 5) is 0. The molecule has 2 rings (SSSR count). The highest BCUT2D eigenvalue weighted by molar-refractivity contribution is 4.93. The van der Waals surface area contributed by atoms with Crippen LogP contribution in [-0.2, 0) is 9.47 Å². The smallest absolute Gasteiger partial charge is 0.171 e. The molecule has 0 amide bonds. The average molecular weight is 156 g/mol. The molecule has 1 spiro atoms. The van der Waals surface area contributed by atoms with Gasteiger partial charge in [0.15, 0.2) is 5.79 Å². The third-order valence-corrected chi connectivity index (χ3v) is 2.95. The summed E-state index contributed by atoms with van der Waals surface area (Å²) in [5.74, 6) is 1.19. The van der Waals surface area contributed by atoms with Crippen molar-refractivity contribution in [3.8, 4) is 0 Å². The van der Waals surface area contributed by atoms with Gasteiger partial charge in [-0.3, -0.25) is 0 Å². The van der Waals surface area contributed by atoms with Crippen molar-refractivity contribution in [2.24, 2.45) is 11.8 Å². The van der Waals surface area contributed by atoms with Crippen LogP contribution in [0.3, 0.4) is 0 Å². The van der Waals surface area contributed by atoms with E-state index in [1.54, 1.807) is 0 Å². The third-order valence-electron chi connectivity index (χ3n) is 2.95. The van der Waals surface area contributed by atoms with Crippen molar-refractivity contribution < 1.29 is 9.47 Å². The Bertz CT molecular complexity index is 148. The van der Waals surface area contributed by atoms with E-state index < -0.39 is 0 Å². The predicted octanol–water partition coefficient (Wildman–Crippen LogP) is 1.80. The monoisotopic (exact) mass is 156 g/mol. The lowest BCUT2D eigenvalue weighted by Crippen LogP contribution is -2.50. The number of rotatable bonds is 1. The SMILES string of the molecule is CC(C)[C@@H]1CCC12OCCO2. The van der Waals surface area contributed by atoms with Crippen molar-refractivity contribution in [3.63, 3.8) is 0 Å². The molecule has 0 unspecified atom stereocenters. The first-order valence-corrected chi connectivity index (χ1v) is 4.52. The Kier molecular flexibility index (Phi) is 1.69. The van der Waals surface area contributed by atoms with Crippen LogP contribution < -0.4 is 0 Å². The lowest BCUT2D eigenvalue weighted by atomic mass is 9.71. The average Bonchev–Trinajstić information content (AvgIpc) is 2.31. The molecular weight excluding hydrogens is 140 g/mol. The van der Waals surface area contributed by atoms with Crippen LogP contribution in [0.15, 0.2) is 0 Å². The van der Waals surface area contributed by atoms with E-state index in [4.69, 9.17) is 9.47 Å². The van der Waals surface area contributed by atoms with Gasteiger partial charge >= 0.3 is 0 Å². The van der Waals surface area contributed by atoms with Gasteiger partial charge in [-0.2, -0.15) is 0 Å². The highest BCUT2D eigenvalue weighted by Gasteiger charge is 2.52. The first-order valence-electron chi connectivity index (χ1n) is 4.52. The zero-order valence-electron chi connectivity index (χ0n) is 7.30. The first-order chi connectivity index (χ1) is 5.25. The van der Waals surface area contributed by atoms with E-state index in [1.807, 2.05) is 0 Å². The quantitative estimate of drug-likeness (QED) is 0.576. The molecule has 11 heavy (non-hydrogen) atoms. The van der Waals surface area contributed by atoms with Crippen LogP contribution in [0.5, 0.6) is 0 Å². The minimum atomic E-state index is -0.145. The van der Waals surface area contributed by atoms with Crippen molar-refractivity contribution in [1.29, 1.82) is 0 Å². The molecule has 2 nitrogen and oxygen atoms in total. The molecular formula is C9H16O2. The maximum atomic E-state index is 5.63. The molecule has 0 bridgehead atoms. The summed E-state index contributed by atoms with van der Waals surface area (Å²) in [7, 11) is 0. The summed E-state index contributed by atoms with van der Waals surface area (Å²) >= 11 is 0. The van der Waals surface area contributed by atoms with Gasteiger partial charge in [-0.25, -0.2) is 0 Å². The van der Waals surface area contributed by atoms with E-state index in [2.05, 4.69) is 13.8 Å². The van der Waals surface area contributed by atoms with Gasteiger partial charge in [-0.05, 0) is 12.3 Å². The van der Waals surface area contributed by atoms with Gasteiger partial charge in [0.2, 0.25) is 0 Å². The minimum absolute atomic E-state index is 0.145. The van der Waals surface area contributed by atoms with Crippen LogP contribution >= 0.6 is 0 Å². The highest BCUT2D eigenvalue weighted by atomic mass is 16.7. The zero-order chi connectivity index (χ0) is 7.90. The maximum Gasteiger partial charge on any atom is 0.171 e. The van der Waals surface area contributed by atoms with Crippen LogP contribution in [0.25, 0.3) is 0 Å². The standard InChI is InChI=1S/C9H16O2/c1-7(2)8-3-4-9(8)10-5-6-11-9/h7-8H,3-6H2,1-2H3/t8-/m0/s1. The van der Waals surface area contributed by atoms with Crippen molar-refractivity contribution in [3.05, 3.63) is 0 Å². The second-order valence-corrected chi connectivity index (χ2v) is 3.90. The van der Waals surface area contributed by atoms with E-state index in [9.17, 15) is 0 Å². The van der Waals surface area contributed by atoms with Crippen molar-refractivity contribution in [2.75, 3.05) is 13.2 Å². The molecule has 1 saturated heterocycles. The fourth-order valence-corrected chi connectivity index (χ4v) is 2.22. The molecule has 1 aliphatic carbocycles. The van der Waals surface area contributed by atoms with Gasteiger partial charge in [-0.15, -0.1) is 0 Å². The Hall–Kier alpha value is -0.0800. The fraction of sp³-hybridized carbons (Fsp3) is 1.00. The maximum absolute atomic E-state index is 5.63. The Morgan fingerprint density at radius 3 is 2.27 bits per heavy atom. The van der Waals surface area contributed by atoms with Crippen LogP contribution in [-0.4, -0.2) is 19.0 Å². The second-order valence-electron chi connectivity index (χ2n) is 3.90. The Labute approximate surface area is 67.9 Å². The molecule has 0 N–H and O–H groups in total. The molecule has 2 fully saturated rings. The van der Waals surface area contributed by atoms with Crippen molar-refractivity contribution in [1.82, 2.24) is 0 Å². The summed E-state index contributed by atoms with van der Waals surface area (Å²) in [5, 5.41) is 0. The van der Waals surface area contributed by atoms with E-state index in [-0.39, 0.29) is 5.79 Å². The molecule has 0 aromatic rings.